The van der Waals surface area contributed by atoms with Crippen LogP contribution in [0, 0.1) is 0 Å². The number of aromatic nitrogens is 2. The molecule has 2 aromatic rings. The molecule has 0 bridgehead atoms. The highest BCUT2D eigenvalue weighted by molar-refractivity contribution is 7.11. The third-order valence-electron chi connectivity index (χ3n) is 2.39. The standard InChI is InChI=1S/C12H13N3O2S/c1-2-9-6-14-11(18-9)7-15-12(17)8-3-4-13-10(16)5-8/h3-6H,2,7H2,1H3,(H,13,16)(H,15,17). The largest absolute Gasteiger partial charge is 0.346 e. The van der Waals surface area contributed by atoms with Gasteiger partial charge in [-0.1, -0.05) is 6.92 Å². The number of hydrogen-bond donors (Lipinski definition) is 2. The Morgan fingerprint density at radius 2 is 2.39 bits per heavy atom. The summed E-state index contributed by atoms with van der Waals surface area (Å²) in [7, 11) is 0. The number of pyridine rings is 1. The smallest absolute Gasteiger partial charge is 0.251 e. The molecule has 2 heterocycles. The van der Waals surface area contributed by atoms with E-state index in [0.717, 1.165) is 11.4 Å². The van der Waals surface area contributed by atoms with Gasteiger partial charge in [0, 0.05) is 28.9 Å². The Balaban J connectivity index is 1.98. The molecule has 0 saturated carbocycles. The minimum Gasteiger partial charge on any atom is -0.346 e. The number of hydrogen-bond acceptors (Lipinski definition) is 4. The van der Waals surface area contributed by atoms with Crippen molar-refractivity contribution < 1.29 is 4.79 Å². The van der Waals surface area contributed by atoms with Crippen molar-refractivity contribution in [3.05, 3.63) is 50.3 Å². The van der Waals surface area contributed by atoms with Crippen molar-refractivity contribution in [1.29, 1.82) is 0 Å². The number of thiazole rings is 1. The zero-order valence-corrected chi connectivity index (χ0v) is 10.7. The van der Waals surface area contributed by atoms with Crippen molar-refractivity contribution in [2.45, 2.75) is 19.9 Å². The van der Waals surface area contributed by atoms with Crippen LogP contribution in [0.5, 0.6) is 0 Å². The monoisotopic (exact) mass is 263 g/mol. The van der Waals surface area contributed by atoms with Crippen molar-refractivity contribution in [3.63, 3.8) is 0 Å². The number of rotatable bonds is 4. The highest BCUT2D eigenvalue weighted by Crippen LogP contribution is 2.12. The summed E-state index contributed by atoms with van der Waals surface area (Å²) < 4.78 is 0. The second-order valence-corrected chi connectivity index (χ2v) is 4.90. The Kier molecular flexibility index (Phi) is 3.88. The van der Waals surface area contributed by atoms with Gasteiger partial charge < -0.3 is 10.3 Å². The van der Waals surface area contributed by atoms with E-state index in [1.54, 1.807) is 17.4 Å². The van der Waals surface area contributed by atoms with Gasteiger partial charge in [0.25, 0.3) is 5.91 Å². The molecule has 94 valence electrons. The van der Waals surface area contributed by atoms with Gasteiger partial charge in [-0.3, -0.25) is 9.59 Å². The van der Waals surface area contributed by atoms with Crippen LogP contribution < -0.4 is 10.9 Å². The van der Waals surface area contributed by atoms with Crippen LogP contribution in [-0.4, -0.2) is 15.9 Å². The molecule has 1 amide bonds. The highest BCUT2D eigenvalue weighted by Gasteiger charge is 2.07. The molecule has 0 aliphatic rings. The van der Waals surface area contributed by atoms with Gasteiger partial charge in [0.05, 0.1) is 6.54 Å². The molecule has 6 heteroatoms. The lowest BCUT2D eigenvalue weighted by molar-refractivity contribution is 0.0950. The lowest BCUT2D eigenvalue weighted by Gasteiger charge is -2.02. The molecule has 0 saturated heterocycles. The summed E-state index contributed by atoms with van der Waals surface area (Å²) in [5, 5.41) is 3.60. The quantitative estimate of drug-likeness (QED) is 0.873. The maximum Gasteiger partial charge on any atom is 0.251 e. The van der Waals surface area contributed by atoms with E-state index in [4.69, 9.17) is 0 Å². The van der Waals surface area contributed by atoms with Crippen molar-refractivity contribution in [3.8, 4) is 0 Å². The molecule has 0 aliphatic carbocycles. The normalized spacial score (nSPS) is 10.3. The van der Waals surface area contributed by atoms with E-state index in [2.05, 4.69) is 22.2 Å². The summed E-state index contributed by atoms with van der Waals surface area (Å²) in [6.45, 7) is 2.45. The average Bonchev–Trinajstić information content (AvgIpc) is 2.84. The molecule has 0 fully saturated rings. The van der Waals surface area contributed by atoms with Crippen molar-refractivity contribution in [2.75, 3.05) is 0 Å². The van der Waals surface area contributed by atoms with Gasteiger partial charge >= 0.3 is 0 Å². The van der Waals surface area contributed by atoms with Crippen LogP contribution in [0.4, 0.5) is 0 Å². The van der Waals surface area contributed by atoms with E-state index in [0.29, 0.717) is 12.1 Å². The third kappa shape index (κ3) is 3.04. The zero-order chi connectivity index (χ0) is 13.0. The minimum atomic E-state index is -0.287. The Labute approximate surface area is 108 Å². The molecule has 2 aromatic heterocycles. The van der Waals surface area contributed by atoms with E-state index >= 15 is 0 Å². The molecule has 0 aliphatic heterocycles. The van der Waals surface area contributed by atoms with Gasteiger partial charge in [-0.25, -0.2) is 4.98 Å². The molecule has 18 heavy (non-hydrogen) atoms. The Morgan fingerprint density at radius 1 is 1.56 bits per heavy atom. The summed E-state index contributed by atoms with van der Waals surface area (Å²) in [5.41, 5.74) is 0.0659. The Hall–Kier alpha value is -1.95. The van der Waals surface area contributed by atoms with Crippen LogP contribution in [0.25, 0.3) is 0 Å². The number of nitrogens with one attached hydrogen (secondary N) is 2. The number of H-pyrrole nitrogens is 1. The third-order valence-corrected chi connectivity index (χ3v) is 3.53. The highest BCUT2D eigenvalue weighted by atomic mass is 32.1. The second kappa shape index (κ2) is 5.59. The molecular weight excluding hydrogens is 250 g/mol. The van der Waals surface area contributed by atoms with Gasteiger partial charge in [0.1, 0.15) is 5.01 Å². The lowest BCUT2D eigenvalue weighted by Crippen LogP contribution is -2.24. The van der Waals surface area contributed by atoms with E-state index < -0.39 is 0 Å². The summed E-state index contributed by atoms with van der Waals surface area (Å²) in [5.74, 6) is -0.269. The molecule has 5 nitrogen and oxygen atoms in total. The van der Waals surface area contributed by atoms with Crippen molar-refractivity contribution >= 4 is 17.2 Å². The lowest BCUT2D eigenvalue weighted by atomic mass is 10.2. The fourth-order valence-electron chi connectivity index (χ4n) is 1.44. The Morgan fingerprint density at radius 3 is 3.06 bits per heavy atom. The van der Waals surface area contributed by atoms with Crippen LogP contribution in [0.2, 0.25) is 0 Å². The first-order valence-corrected chi connectivity index (χ1v) is 6.41. The summed E-state index contributed by atoms with van der Waals surface area (Å²) in [6.07, 6.45) is 4.22. The Bertz CT molecular complexity index is 603. The maximum atomic E-state index is 11.8. The fourth-order valence-corrected chi connectivity index (χ4v) is 2.24. The molecule has 0 atom stereocenters. The summed E-state index contributed by atoms with van der Waals surface area (Å²) in [6, 6.07) is 2.84. The SMILES string of the molecule is CCc1cnc(CNC(=O)c2cc[nH]c(=O)c2)s1. The van der Waals surface area contributed by atoms with Gasteiger partial charge in [0.2, 0.25) is 5.56 Å². The van der Waals surface area contributed by atoms with E-state index in [1.807, 2.05) is 6.20 Å². The second-order valence-electron chi connectivity index (χ2n) is 3.70. The molecule has 0 radical (unpaired) electrons. The predicted octanol–water partition coefficient (Wildman–Crippen LogP) is 1.32. The molecular formula is C12H13N3O2S. The van der Waals surface area contributed by atoms with E-state index in [-0.39, 0.29) is 11.5 Å². The van der Waals surface area contributed by atoms with Crippen LogP contribution in [-0.2, 0) is 13.0 Å². The van der Waals surface area contributed by atoms with E-state index in [1.165, 1.54) is 17.1 Å². The molecule has 2 rings (SSSR count). The summed E-state index contributed by atoms with van der Waals surface area (Å²) >= 11 is 1.58. The van der Waals surface area contributed by atoms with Crippen LogP contribution in [0.1, 0.15) is 27.2 Å². The molecule has 0 aromatic carbocycles. The number of amides is 1. The molecule has 0 unspecified atom stereocenters. The average molecular weight is 263 g/mol. The van der Waals surface area contributed by atoms with Gasteiger partial charge in [0.15, 0.2) is 0 Å². The minimum absolute atomic E-state index is 0.269. The van der Waals surface area contributed by atoms with Crippen LogP contribution >= 0.6 is 11.3 Å². The molecule has 2 N–H and O–H groups in total. The topological polar surface area (TPSA) is 74.8 Å². The van der Waals surface area contributed by atoms with Crippen LogP contribution in [0.15, 0.2) is 29.3 Å². The number of carbonyl (C=O) groups is 1. The molecule has 0 spiro atoms. The van der Waals surface area contributed by atoms with Crippen molar-refractivity contribution in [2.24, 2.45) is 0 Å². The first-order chi connectivity index (χ1) is 8.69. The number of nitrogens with zero attached hydrogens (tertiary/aromatic N) is 1. The van der Waals surface area contributed by atoms with Crippen LogP contribution in [0.3, 0.4) is 0 Å². The number of carbonyl (C=O) groups excluding carboxylic acids is 1. The number of aryl methyl sites for hydroxylation is 1. The summed E-state index contributed by atoms with van der Waals surface area (Å²) in [4.78, 5) is 30.7. The van der Waals surface area contributed by atoms with Gasteiger partial charge in [-0.2, -0.15) is 0 Å². The fraction of sp³-hybridized carbons (Fsp3) is 0.250. The van der Waals surface area contributed by atoms with Crippen molar-refractivity contribution in [1.82, 2.24) is 15.3 Å². The van der Waals surface area contributed by atoms with E-state index in [9.17, 15) is 9.59 Å². The zero-order valence-electron chi connectivity index (χ0n) is 9.90. The van der Waals surface area contributed by atoms with Gasteiger partial charge in [-0.05, 0) is 12.5 Å². The number of aromatic amines is 1. The first-order valence-electron chi connectivity index (χ1n) is 5.59. The van der Waals surface area contributed by atoms with Gasteiger partial charge in [-0.15, -0.1) is 11.3 Å². The maximum absolute atomic E-state index is 11.8. The first kappa shape index (κ1) is 12.5. The predicted molar refractivity (Wildman–Crippen MR) is 69.7 cm³/mol.